The Morgan fingerprint density at radius 3 is 2.56 bits per heavy atom. The summed E-state index contributed by atoms with van der Waals surface area (Å²) in [5.74, 6) is 0. The van der Waals surface area contributed by atoms with Gasteiger partial charge in [0, 0.05) is 20.2 Å². The van der Waals surface area contributed by atoms with E-state index < -0.39 is 11.2 Å². The van der Waals surface area contributed by atoms with Crippen molar-refractivity contribution in [1.82, 2.24) is 4.90 Å². The third-order valence-electron chi connectivity index (χ3n) is 2.98. The molecule has 1 fully saturated rings. The Morgan fingerprint density at radius 2 is 2.00 bits per heavy atom. The molecule has 1 rings (SSSR count). The van der Waals surface area contributed by atoms with E-state index in [1.54, 1.807) is 12.0 Å². The summed E-state index contributed by atoms with van der Waals surface area (Å²) in [6.07, 6.45) is 1.64. The van der Waals surface area contributed by atoms with Gasteiger partial charge in [-0.05, 0) is 40.0 Å². The van der Waals surface area contributed by atoms with Gasteiger partial charge in [0.1, 0.15) is 5.60 Å². The Kier molecular flexibility index (Phi) is 4.99. The first kappa shape index (κ1) is 15.2. The minimum atomic E-state index is -0.814. The van der Waals surface area contributed by atoms with Gasteiger partial charge in [-0.3, -0.25) is 0 Å². The second-order valence-corrected chi connectivity index (χ2v) is 5.98. The van der Waals surface area contributed by atoms with E-state index in [2.05, 4.69) is 0 Å². The van der Waals surface area contributed by atoms with E-state index in [9.17, 15) is 9.90 Å². The molecule has 1 atom stereocenters. The van der Waals surface area contributed by atoms with Crippen LogP contribution in [-0.2, 0) is 9.47 Å². The van der Waals surface area contributed by atoms with Crippen molar-refractivity contribution >= 4 is 6.09 Å². The number of amides is 1. The van der Waals surface area contributed by atoms with Crippen LogP contribution in [0, 0.1) is 0 Å². The zero-order valence-corrected chi connectivity index (χ0v) is 11.9. The molecular formula is C13H25NO4. The molecule has 1 aliphatic rings. The summed E-state index contributed by atoms with van der Waals surface area (Å²) in [5.41, 5.74) is -1.29. The zero-order chi connectivity index (χ0) is 13.8. The van der Waals surface area contributed by atoms with Crippen LogP contribution in [0.3, 0.4) is 0 Å². The number of carbonyl (C=O) groups excluding carboxylic acids is 1. The van der Waals surface area contributed by atoms with Crippen LogP contribution in [-0.4, -0.2) is 54.1 Å². The van der Waals surface area contributed by atoms with Gasteiger partial charge in [-0.15, -0.1) is 0 Å². The highest BCUT2D eigenvalue weighted by atomic mass is 16.6. The second kappa shape index (κ2) is 5.89. The first-order valence-corrected chi connectivity index (χ1v) is 6.45. The highest BCUT2D eigenvalue weighted by Crippen LogP contribution is 2.23. The number of methoxy groups -OCH3 is 1. The molecule has 1 heterocycles. The van der Waals surface area contributed by atoms with E-state index in [-0.39, 0.29) is 6.09 Å². The van der Waals surface area contributed by atoms with Gasteiger partial charge in [-0.1, -0.05) is 0 Å². The molecule has 1 N–H and O–H groups in total. The van der Waals surface area contributed by atoms with Crippen molar-refractivity contribution in [3.05, 3.63) is 0 Å². The van der Waals surface area contributed by atoms with Crippen molar-refractivity contribution in [2.24, 2.45) is 0 Å². The van der Waals surface area contributed by atoms with Crippen LogP contribution >= 0.6 is 0 Å². The summed E-state index contributed by atoms with van der Waals surface area (Å²) >= 11 is 0. The van der Waals surface area contributed by atoms with Crippen LogP contribution < -0.4 is 0 Å². The predicted octanol–water partition coefficient (Wildman–Crippen LogP) is 1.78. The summed E-state index contributed by atoms with van der Waals surface area (Å²) in [6.45, 7) is 7.00. The lowest BCUT2D eigenvalue weighted by Crippen LogP contribution is -2.39. The lowest BCUT2D eigenvalue weighted by Gasteiger charge is -2.27. The standard InChI is InChI=1S/C13H25NO4/c1-12(2,3)18-11(15)14-8-5-6-13(16,7-9-14)10-17-4/h16H,5-10H2,1-4H3. The number of ether oxygens (including phenoxy) is 2. The molecule has 0 saturated carbocycles. The molecule has 1 amide bonds. The molecule has 0 aromatic heterocycles. The molecule has 0 bridgehead atoms. The summed E-state index contributed by atoms with van der Waals surface area (Å²) in [5, 5.41) is 10.3. The minimum Gasteiger partial charge on any atom is -0.444 e. The Hall–Kier alpha value is -0.810. The maximum atomic E-state index is 11.9. The molecule has 0 aromatic rings. The Balaban J connectivity index is 2.54. The Labute approximate surface area is 109 Å². The third-order valence-corrected chi connectivity index (χ3v) is 2.98. The van der Waals surface area contributed by atoms with Crippen molar-refractivity contribution in [2.75, 3.05) is 26.8 Å². The molecule has 0 spiro atoms. The average Bonchev–Trinajstić information content (AvgIpc) is 2.38. The van der Waals surface area contributed by atoms with Gasteiger partial charge in [0.15, 0.2) is 0 Å². The van der Waals surface area contributed by atoms with Gasteiger partial charge >= 0.3 is 6.09 Å². The van der Waals surface area contributed by atoms with E-state index in [0.29, 0.717) is 32.5 Å². The highest BCUT2D eigenvalue weighted by Gasteiger charge is 2.32. The minimum absolute atomic E-state index is 0.302. The van der Waals surface area contributed by atoms with Crippen molar-refractivity contribution in [3.8, 4) is 0 Å². The Bertz CT molecular complexity index is 287. The molecular weight excluding hydrogens is 234 g/mol. The fourth-order valence-electron chi connectivity index (χ4n) is 2.10. The number of hydrogen-bond acceptors (Lipinski definition) is 4. The summed E-state index contributed by atoms with van der Waals surface area (Å²) in [4.78, 5) is 13.6. The molecule has 106 valence electrons. The van der Waals surface area contributed by atoms with E-state index >= 15 is 0 Å². The molecule has 0 radical (unpaired) electrons. The molecule has 1 unspecified atom stereocenters. The van der Waals surface area contributed by atoms with E-state index in [1.165, 1.54) is 0 Å². The first-order valence-electron chi connectivity index (χ1n) is 6.45. The summed E-state index contributed by atoms with van der Waals surface area (Å²) in [6, 6.07) is 0. The van der Waals surface area contributed by atoms with Crippen LogP contribution in [0.2, 0.25) is 0 Å². The number of carbonyl (C=O) groups is 1. The lowest BCUT2D eigenvalue weighted by molar-refractivity contribution is -0.0412. The number of aliphatic hydroxyl groups is 1. The van der Waals surface area contributed by atoms with Gasteiger partial charge in [-0.25, -0.2) is 4.79 Å². The summed E-state index contributed by atoms with van der Waals surface area (Å²) in [7, 11) is 1.58. The fourth-order valence-corrected chi connectivity index (χ4v) is 2.10. The third kappa shape index (κ3) is 4.82. The van der Waals surface area contributed by atoms with Crippen LogP contribution in [0.25, 0.3) is 0 Å². The normalized spacial score (nSPS) is 25.7. The molecule has 5 heteroatoms. The van der Waals surface area contributed by atoms with Gasteiger partial charge in [0.05, 0.1) is 12.2 Å². The van der Waals surface area contributed by atoms with Crippen molar-refractivity contribution in [3.63, 3.8) is 0 Å². The number of likely N-dealkylation sites (tertiary alicyclic amines) is 1. The van der Waals surface area contributed by atoms with Crippen LogP contribution in [0.5, 0.6) is 0 Å². The van der Waals surface area contributed by atoms with Crippen molar-refractivity contribution in [2.45, 2.75) is 51.2 Å². The van der Waals surface area contributed by atoms with Crippen LogP contribution in [0.4, 0.5) is 4.79 Å². The molecule has 18 heavy (non-hydrogen) atoms. The molecule has 5 nitrogen and oxygen atoms in total. The zero-order valence-electron chi connectivity index (χ0n) is 11.9. The van der Waals surface area contributed by atoms with E-state index in [1.807, 2.05) is 20.8 Å². The van der Waals surface area contributed by atoms with Gasteiger partial charge in [0.2, 0.25) is 0 Å². The molecule has 1 aliphatic heterocycles. The van der Waals surface area contributed by atoms with Crippen molar-refractivity contribution < 1.29 is 19.4 Å². The number of hydrogen-bond donors (Lipinski definition) is 1. The van der Waals surface area contributed by atoms with Gasteiger partial charge in [0.25, 0.3) is 0 Å². The molecule has 1 saturated heterocycles. The fraction of sp³-hybridized carbons (Fsp3) is 0.923. The van der Waals surface area contributed by atoms with Crippen LogP contribution in [0.1, 0.15) is 40.0 Å². The average molecular weight is 259 g/mol. The largest absolute Gasteiger partial charge is 0.444 e. The topological polar surface area (TPSA) is 59.0 Å². The predicted molar refractivity (Wildman–Crippen MR) is 68.5 cm³/mol. The van der Waals surface area contributed by atoms with Gasteiger partial charge < -0.3 is 19.5 Å². The van der Waals surface area contributed by atoms with E-state index in [4.69, 9.17) is 9.47 Å². The number of rotatable bonds is 2. The smallest absolute Gasteiger partial charge is 0.410 e. The first-order chi connectivity index (χ1) is 8.26. The lowest BCUT2D eigenvalue weighted by atomic mass is 9.96. The van der Waals surface area contributed by atoms with Crippen molar-refractivity contribution in [1.29, 1.82) is 0 Å². The molecule has 0 aromatic carbocycles. The second-order valence-electron chi connectivity index (χ2n) is 5.98. The van der Waals surface area contributed by atoms with Crippen LogP contribution in [0.15, 0.2) is 0 Å². The quantitative estimate of drug-likeness (QED) is 0.821. The maximum absolute atomic E-state index is 11.9. The van der Waals surface area contributed by atoms with E-state index in [0.717, 1.165) is 6.42 Å². The highest BCUT2D eigenvalue weighted by molar-refractivity contribution is 5.68. The summed E-state index contributed by atoms with van der Waals surface area (Å²) < 4.78 is 10.4. The Morgan fingerprint density at radius 1 is 1.33 bits per heavy atom. The maximum Gasteiger partial charge on any atom is 0.410 e. The number of nitrogens with zero attached hydrogens (tertiary/aromatic N) is 1. The van der Waals surface area contributed by atoms with Gasteiger partial charge in [-0.2, -0.15) is 0 Å². The molecule has 0 aliphatic carbocycles. The SMILES string of the molecule is COCC1(O)CCCN(C(=O)OC(C)(C)C)CC1. The monoisotopic (exact) mass is 259 g/mol.